The zero-order valence-corrected chi connectivity index (χ0v) is 14.4. The fourth-order valence-corrected chi connectivity index (χ4v) is 4.53. The van der Waals surface area contributed by atoms with Gasteiger partial charge in [-0.2, -0.15) is 0 Å². The van der Waals surface area contributed by atoms with E-state index >= 15 is 0 Å². The van der Waals surface area contributed by atoms with Crippen molar-refractivity contribution in [2.45, 2.75) is 32.1 Å². The van der Waals surface area contributed by atoms with E-state index in [1.54, 1.807) is 16.8 Å². The molecule has 1 saturated heterocycles. The molecule has 3 aliphatic rings. The smallest absolute Gasteiger partial charge is 0.0434 e. The van der Waals surface area contributed by atoms with E-state index in [0.717, 1.165) is 11.8 Å². The van der Waals surface area contributed by atoms with Crippen molar-refractivity contribution in [3.63, 3.8) is 0 Å². The third-order valence-electron chi connectivity index (χ3n) is 5.25. The molecule has 4 rings (SSSR count). The summed E-state index contributed by atoms with van der Waals surface area (Å²) < 4.78 is 0. The monoisotopic (exact) mass is 328 g/mol. The molecule has 0 aromatic heterocycles. The van der Waals surface area contributed by atoms with Crippen LogP contribution in [0.25, 0.3) is 0 Å². The minimum absolute atomic E-state index is 0. The van der Waals surface area contributed by atoms with Gasteiger partial charge in [0.25, 0.3) is 0 Å². The van der Waals surface area contributed by atoms with E-state index in [1.807, 2.05) is 0 Å². The highest BCUT2D eigenvalue weighted by Crippen LogP contribution is 2.45. The summed E-state index contributed by atoms with van der Waals surface area (Å²) in [6.45, 7) is 8.77. The van der Waals surface area contributed by atoms with Gasteiger partial charge in [-0.15, -0.1) is 24.8 Å². The van der Waals surface area contributed by atoms with Gasteiger partial charge in [-0.05, 0) is 42.9 Å². The molecule has 0 radical (unpaired) electrons. The fraction of sp³-hybridized carbons (Fsp3) is 0.647. The summed E-state index contributed by atoms with van der Waals surface area (Å²) in [6.07, 6.45) is 3.91. The first-order valence-corrected chi connectivity index (χ1v) is 7.96. The van der Waals surface area contributed by atoms with Crippen molar-refractivity contribution in [3.05, 3.63) is 29.3 Å². The van der Waals surface area contributed by atoms with Crippen molar-refractivity contribution >= 4 is 30.5 Å². The van der Waals surface area contributed by atoms with Crippen molar-refractivity contribution in [1.82, 2.24) is 4.90 Å². The molecular weight excluding hydrogens is 303 g/mol. The summed E-state index contributed by atoms with van der Waals surface area (Å²) in [5.74, 6) is 1.67. The molecule has 118 valence electrons. The van der Waals surface area contributed by atoms with Crippen LogP contribution in [0.4, 0.5) is 5.69 Å². The topological polar surface area (TPSA) is 6.48 Å². The quantitative estimate of drug-likeness (QED) is 0.816. The third kappa shape index (κ3) is 2.78. The lowest BCUT2D eigenvalue weighted by Crippen LogP contribution is -2.40. The standard InChI is InChI=1S/C17H24N2.2ClH/c1-2-8-18-10-14-11-19-9-4-6-13-5-3-7-15(17(13)19)16(14)12-18;;/h3,5,7,14,16H,2,4,6,8-12H2,1H3;2*1H/t14-,16-;;/m1../s1. The average Bonchev–Trinajstić information content (AvgIpc) is 2.83. The van der Waals surface area contributed by atoms with E-state index in [1.165, 1.54) is 52.0 Å². The Balaban J connectivity index is 0.000000807. The van der Waals surface area contributed by atoms with Crippen LogP contribution in [0.2, 0.25) is 0 Å². The second-order valence-electron chi connectivity index (χ2n) is 6.53. The maximum Gasteiger partial charge on any atom is 0.0434 e. The summed E-state index contributed by atoms with van der Waals surface area (Å²) in [6, 6.07) is 7.05. The molecule has 3 heterocycles. The molecule has 0 spiro atoms. The molecule has 1 fully saturated rings. The number of hydrogen-bond donors (Lipinski definition) is 0. The van der Waals surface area contributed by atoms with Crippen LogP contribution in [0.5, 0.6) is 0 Å². The lowest BCUT2D eigenvalue weighted by Gasteiger charge is -2.41. The van der Waals surface area contributed by atoms with E-state index in [4.69, 9.17) is 0 Å². The Kier molecular flexibility index (Phi) is 5.45. The summed E-state index contributed by atoms with van der Waals surface area (Å²) in [7, 11) is 0. The molecule has 4 heteroatoms. The van der Waals surface area contributed by atoms with Gasteiger partial charge >= 0.3 is 0 Å². The van der Waals surface area contributed by atoms with Crippen molar-refractivity contribution in [2.24, 2.45) is 5.92 Å². The second-order valence-corrected chi connectivity index (χ2v) is 6.53. The van der Waals surface area contributed by atoms with Crippen molar-refractivity contribution in [1.29, 1.82) is 0 Å². The highest BCUT2D eigenvalue weighted by molar-refractivity contribution is 5.85. The molecule has 0 N–H and O–H groups in total. The van der Waals surface area contributed by atoms with Gasteiger partial charge in [-0.1, -0.05) is 25.1 Å². The van der Waals surface area contributed by atoms with E-state index in [2.05, 4.69) is 34.9 Å². The minimum atomic E-state index is 0. The predicted octanol–water partition coefficient (Wildman–Crippen LogP) is 3.72. The van der Waals surface area contributed by atoms with Gasteiger partial charge in [0.1, 0.15) is 0 Å². The Labute approximate surface area is 140 Å². The SMILES string of the molecule is CCCN1C[C@@H]2CN3CCCc4cccc(c43)[C@@H]2C1.Cl.Cl. The molecule has 0 unspecified atom stereocenters. The fourth-order valence-electron chi connectivity index (χ4n) is 4.53. The molecule has 0 amide bonds. The Morgan fingerprint density at radius 1 is 1.14 bits per heavy atom. The summed E-state index contributed by atoms with van der Waals surface area (Å²) in [5, 5.41) is 0. The van der Waals surface area contributed by atoms with Gasteiger partial charge in [-0.25, -0.2) is 0 Å². The summed E-state index contributed by atoms with van der Waals surface area (Å²) in [5.41, 5.74) is 4.89. The maximum atomic E-state index is 2.69. The van der Waals surface area contributed by atoms with Crippen LogP contribution < -0.4 is 4.90 Å². The van der Waals surface area contributed by atoms with Crippen LogP contribution in [0.3, 0.4) is 0 Å². The molecular formula is C17H26Cl2N2. The number of nitrogens with zero attached hydrogens (tertiary/aromatic N) is 2. The summed E-state index contributed by atoms with van der Waals surface area (Å²) in [4.78, 5) is 5.37. The van der Waals surface area contributed by atoms with Gasteiger partial charge in [0, 0.05) is 37.8 Å². The number of aryl methyl sites for hydroxylation is 1. The Bertz CT molecular complexity index is 492. The second kappa shape index (κ2) is 6.76. The van der Waals surface area contributed by atoms with Crippen LogP contribution >= 0.6 is 24.8 Å². The van der Waals surface area contributed by atoms with Gasteiger partial charge in [0.05, 0.1) is 0 Å². The van der Waals surface area contributed by atoms with Gasteiger partial charge < -0.3 is 9.80 Å². The van der Waals surface area contributed by atoms with Crippen molar-refractivity contribution in [2.75, 3.05) is 37.6 Å². The first-order valence-electron chi connectivity index (χ1n) is 7.96. The van der Waals surface area contributed by atoms with Crippen LogP contribution in [0.15, 0.2) is 18.2 Å². The van der Waals surface area contributed by atoms with Crippen LogP contribution in [-0.4, -0.2) is 37.6 Å². The highest BCUT2D eigenvalue weighted by atomic mass is 35.5. The normalized spacial score (nSPS) is 26.4. The predicted molar refractivity (Wildman–Crippen MR) is 94.4 cm³/mol. The number of fused-ring (bicyclic) bond motifs is 2. The van der Waals surface area contributed by atoms with Gasteiger partial charge in [0.2, 0.25) is 0 Å². The molecule has 3 aliphatic heterocycles. The lowest BCUT2D eigenvalue weighted by atomic mass is 9.80. The largest absolute Gasteiger partial charge is 0.371 e. The number of anilines is 1. The number of hydrogen-bond acceptors (Lipinski definition) is 2. The van der Waals surface area contributed by atoms with E-state index in [0.29, 0.717) is 0 Å². The van der Waals surface area contributed by atoms with Gasteiger partial charge in [0.15, 0.2) is 0 Å². The number of rotatable bonds is 2. The van der Waals surface area contributed by atoms with Crippen molar-refractivity contribution < 1.29 is 0 Å². The molecule has 2 nitrogen and oxygen atoms in total. The minimum Gasteiger partial charge on any atom is -0.371 e. The highest BCUT2D eigenvalue weighted by Gasteiger charge is 2.41. The number of likely N-dealkylation sites (tertiary alicyclic amines) is 1. The summed E-state index contributed by atoms with van der Waals surface area (Å²) >= 11 is 0. The average molecular weight is 329 g/mol. The Morgan fingerprint density at radius 2 is 2.00 bits per heavy atom. The molecule has 2 atom stereocenters. The number of halogens is 2. The zero-order valence-electron chi connectivity index (χ0n) is 12.8. The molecule has 1 aromatic rings. The first-order chi connectivity index (χ1) is 9.36. The molecule has 0 saturated carbocycles. The van der Waals surface area contributed by atoms with Crippen LogP contribution in [0, 0.1) is 5.92 Å². The lowest BCUT2D eigenvalue weighted by molar-refractivity contribution is 0.325. The number of benzene rings is 1. The van der Waals surface area contributed by atoms with E-state index in [-0.39, 0.29) is 24.8 Å². The Morgan fingerprint density at radius 3 is 2.81 bits per heavy atom. The number of para-hydroxylation sites is 1. The maximum absolute atomic E-state index is 2.69. The van der Waals surface area contributed by atoms with E-state index < -0.39 is 0 Å². The van der Waals surface area contributed by atoms with Crippen LogP contribution in [0.1, 0.15) is 36.8 Å². The third-order valence-corrected chi connectivity index (χ3v) is 5.25. The Hall–Kier alpha value is -0.440. The molecule has 0 aliphatic carbocycles. The van der Waals surface area contributed by atoms with E-state index in [9.17, 15) is 0 Å². The van der Waals surface area contributed by atoms with Crippen molar-refractivity contribution in [3.8, 4) is 0 Å². The molecule has 0 bridgehead atoms. The molecule has 1 aromatic carbocycles. The van der Waals surface area contributed by atoms with Crippen LogP contribution in [-0.2, 0) is 6.42 Å². The van der Waals surface area contributed by atoms with Gasteiger partial charge in [-0.3, -0.25) is 0 Å². The zero-order chi connectivity index (χ0) is 12.8. The first kappa shape index (κ1) is 16.9. The molecule has 21 heavy (non-hydrogen) atoms.